The van der Waals surface area contributed by atoms with E-state index in [1.807, 2.05) is 19.9 Å². The molecule has 0 unspecified atom stereocenters. The molecule has 4 aromatic rings. The molecule has 0 bridgehead atoms. The van der Waals surface area contributed by atoms with Crippen LogP contribution in [-0.4, -0.2) is 35.3 Å². The maximum absolute atomic E-state index is 12.7. The summed E-state index contributed by atoms with van der Waals surface area (Å²) in [4.78, 5) is 29.3. The van der Waals surface area contributed by atoms with Crippen LogP contribution in [-0.2, 0) is 13.6 Å². The van der Waals surface area contributed by atoms with Gasteiger partial charge < -0.3 is 5.32 Å². The number of nitrogens with one attached hydrogen (secondary N) is 1. The Labute approximate surface area is 153 Å². The molecule has 0 aliphatic rings. The van der Waals surface area contributed by atoms with Crippen LogP contribution < -0.4 is 10.9 Å². The van der Waals surface area contributed by atoms with Gasteiger partial charge in [0.25, 0.3) is 17.2 Å². The van der Waals surface area contributed by atoms with Crippen molar-refractivity contribution in [1.29, 1.82) is 0 Å². The van der Waals surface area contributed by atoms with Crippen molar-refractivity contribution in [2.45, 2.75) is 20.4 Å². The quantitative estimate of drug-likeness (QED) is 0.580. The lowest BCUT2D eigenvalue weighted by Crippen LogP contribution is -2.29. The van der Waals surface area contributed by atoms with Crippen LogP contribution in [0.4, 0.5) is 0 Å². The Hall–Kier alpha value is -3.62. The summed E-state index contributed by atoms with van der Waals surface area (Å²) in [5.41, 5.74) is 1.72. The van der Waals surface area contributed by atoms with E-state index in [-0.39, 0.29) is 17.8 Å². The van der Waals surface area contributed by atoms with Gasteiger partial charge in [-0.2, -0.15) is 5.10 Å². The minimum Gasteiger partial charge on any atom is -0.343 e. The van der Waals surface area contributed by atoms with E-state index >= 15 is 0 Å². The average Bonchev–Trinajstić information content (AvgIpc) is 3.06. The molecule has 9 heteroatoms. The first kappa shape index (κ1) is 16.8. The SMILES string of the molecule is Cc1cc(C)n2c(CNC(=O)c3nn(C)c(=O)c4ccccc34)nnc2n1. The Bertz CT molecular complexity index is 1260. The Morgan fingerprint density at radius 2 is 1.89 bits per heavy atom. The average molecular weight is 363 g/mol. The number of rotatable bonds is 3. The summed E-state index contributed by atoms with van der Waals surface area (Å²) in [7, 11) is 1.52. The molecule has 0 spiro atoms. The third-order valence-corrected chi connectivity index (χ3v) is 4.34. The molecular formula is C18H17N7O2. The molecule has 0 atom stereocenters. The lowest BCUT2D eigenvalue weighted by Gasteiger charge is -2.09. The molecule has 0 fully saturated rings. The minimum absolute atomic E-state index is 0.157. The lowest BCUT2D eigenvalue weighted by molar-refractivity contribution is 0.0944. The number of carbonyl (C=O) groups is 1. The molecule has 0 saturated carbocycles. The topological polar surface area (TPSA) is 107 Å². The zero-order valence-corrected chi connectivity index (χ0v) is 15.1. The van der Waals surface area contributed by atoms with Gasteiger partial charge in [0.05, 0.1) is 11.9 Å². The molecule has 0 aliphatic carbocycles. The summed E-state index contributed by atoms with van der Waals surface area (Å²) in [5.74, 6) is 0.663. The number of aryl methyl sites for hydroxylation is 3. The van der Waals surface area contributed by atoms with Crippen molar-refractivity contribution in [2.75, 3.05) is 0 Å². The van der Waals surface area contributed by atoms with Gasteiger partial charge in [0.1, 0.15) is 0 Å². The fraction of sp³-hybridized carbons (Fsp3) is 0.222. The van der Waals surface area contributed by atoms with Crippen molar-refractivity contribution in [3.05, 3.63) is 63.6 Å². The smallest absolute Gasteiger partial charge is 0.274 e. The predicted molar refractivity (Wildman–Crippen MR) is 98.4 cm³/mol. The van der Waals surface area contributed by atoms with Crippen molar-refractivity contribution in [3.8, 4) is 0 Å². The molecule has 0 aliphatic heterocycles. The van der Waals surface area contributed by atoms with E-state index in [1.165, 1.54) is 11.7 Å². The fourth-order valence-electron chi connectivity index (χ4n) is 3.12. The lowest BCUT2D eigenvalue weighted by atomic mass is 10.1. The fourth-order valence-corrected chi connectivity index (χ4v) is 3.12. The number of hydrogen-bond donors (Lipinski definition) is 1. The number of benzene rings is 1. The van der Waals surface area contributed by atoms with E-state index in [4.69, 9.17) is 0 Å². The molecule has 1 aromatic carbocycles. The monoisotopic (exact) mass is 363 g/mol. The molecule has 136 valence electrons. The molecule has 27 heavy (non-hydrogen) atoms. The predicted octanol–water partition coefficient (Wildman–Crippen LogP) is 0.918. The maximum atomic E-state index is 12.7. The third-order valence-electron chi connectivity index (χ3n) is 4.34. The van der Waals surface area contributed by atoms with E-state index in [9.17, 15) is 9.59 Å². The van der Waals surface area contributed by atoms with Gasteiger partial charge in [0.2, 0.25) is 0 Å². The highest BCUT2D eigenvalue weighted by molar-refractivity contribution is 6.04. The molecule has 3 aromatic heterocycles. The summed E-state index contributed by atoms with van der Waals surface area (Å²) in [6.07, 6.45) is 0. The molecule has 0 radical (unpaired) electrons. The van der Waals surface area contributed by atoms with Crippen LogP contribution in [0.3, 0.4) is 0 Å². The van der Waals surface area contributed by atoms with Gasteiger partial charge in [-0.15, -0.1) is 10.2 Å². The van der Waals surface area contributed by atoms with Crippen LogP contribution in [0.1, 0.15) is 27.7 Å². The van der Waals surface area contributed by atoms with Gasteiger partial charge in [-0.25, -0.2) is 9.67 Å². The van der Waals surface area contributed by atoms with Gasteiger partial charge >= 0.3 is 0 Å². The molecule has 3 heterocycles. The second-order valence-electron chi connectivity index (χ2n) is 6.30. The van der Waals surface area contributed by atoms with Crippen LogP contribution in [0, 0.1) is 13.8 Å². The Morgan fingerprint density at radius 1 is 1.15 bits per heavy atom. The largest absolute Gasteiger partial charge is 0.343 e. The number of hydrogen-bond acceptors (Lipinski definition) is 6. The van der Waals surface area contributed by atoms with Gasteiger partial charge in [-0.3, -0.25) is 14.0 Å². The van der Waals surface area contributed by atoms with Crippen molar-refractivity contribution < 1.29 is 4.79 Å². The third kappa shape index (κ3) is 2.82. The molecule has 1 N–H and O–H groups in total. The van der Waals surface area contributed by atoms with Crippen LogP contribution in [0.15, 0.2) is 35.1 Å². The molecule has 9 nitrogen and oxygen atoms in total. The summed E-state index contributed by atoms with van der Waals surface area (Å²) in [6, 6.07) is 8.83. The Morgan fingerprint density at radius 3 is 2.67 bits per heavy atom. The Balaban J connectivity index is 1.68. The van der Waals surface area contributed by atoms with Crippen molar-refractivity contribution in [3.63, 3.8) is 0 Å². The van der Waals surface area contributed by atoms with Crippen LogP contribution in [0.2, 0.25) is 0 Å². The number of amides is 1. The van der Waals surface area contributed by atoms with Gasteiger partial charge in [-0.05, 0) is 26.0 Å². The van der Waals surface area contributed by atoms with Crippen molar-refractivity contribution in [1.82, 2.24) is 34.7 Å². The zero-order chi connectivity index (χ0) is 19.1. The van der Waals surface area contributed by atoms with E-state index in [0.29, 0.717) is 22.4 Å². The van der Waals surface area contributed by atoms with Crippen LogP contribution >= 0.6 is 0 Å². The van der Waals surface area contributed by atoms with Gasteiger partial charge in [0.15, 0.2) is 11.5 Å². The maximum Gasteiger partial charge on any atom is 0.274 e. The van der Waals surface area contributed by atoms with Crippen molar-refractivity contribution in [2.24, 2.45) is 7.05 Å². The highest BCUT2D eigenvalue weighted by Gasteiger charge is 2.17. The van der Waals surface area contributed by atoms with Gasteiger partial charge in [-0.1, -0.05) is 18.2 Å². The molecule has 1 amide bonds. The van der Waals surface area contributed by atoms with Crippen molar-refractivity contribution >= 4 is 22.5 Å². The number of carbonyl (C=O) groups excluding carboxylic acids is 1. The highest BCUT2D eigenvalue weighted by Crippen LogP contribution is 2.13. The first-order valence-electron chi connectivity index (χ1n) is 8.38. The zero-order valence-electron chi connectivity index (χ0n) is 15.1. The summed E-state index contributed by atoms with van der Waals surface area (Å²) in [6.45, 7) is 3.97. The highest BCUT2D eigenvalue weighted by atomic mass is 16.2. The second-order valence-corrected chi connectivity index (χ2v) is 6.30. The standard InChI is InChI=1S/C18H17N7O2/c1-10-8-11(2)25-14(21-22-18(25)20-10)9-19-16(26)15-12-6-4-5-7-13(12)17(27)24(3)23-15/h4-8H,9H2,1-3H3,(H,19,26). The first-order chi connectivity index (χ1) is 13.0. The van der Waals surface area contributed by atoms with Crippen LogP contribution in [0.25, 0.3) is 16.6 Å². The van der Waals surface area contributed by atoms with E-state index in [0.717, 1.165) is 11.4 Å². The summed E-state index contributed by atoms with van der Waals surface area (Å²) < 4.78 is 2.96. The molecule has 0 saturated heterocycles. The second kappa shape index (κ2) is 6.27. The first-order valence-corrected chi connectivity index (χ1v) is 8.38. The van der Waals surface area contributed by atoms with E-state index in [1.54, 1.807) is 28.7 Å². The minimum atomic E-state index is -0.392. The molecular weight excluding hydrogens is 346 g/mol. The van der Waals surface area contributed by atoms with Gasteiger partial charge in [0, 0.05) is 23.8 Å². The number of aromatic nitrogens is 6. The van der Waals surface area contributed by atoms with E-state index < -0.39 is 5.91 Å². The van der Waals surface area contributed by atoms with Crippen LogP contribution in [0.5, 0.6) is 0 Å². The number of fused-ring (bicyclic) bond motifs is 2. The normalized spacial score (nSPS) is 11.2. The Kier molecular flexibility index (Phi) is 3.91. The number of nitrogens with zero attached hydrogens (tertiary/aromatic N) is 6. The van der Waals surface area contributed by atoms with E-state index in [2.05, 4.69) is 25.6 Å². The molecule has 4 rings (SSSR count). The summed E-state index contributed by atoms with van der Waals surface area (Å²) >= 11 is 0. The summed E-state index contributed by atoms with van der Waals surface area (Å²) in [5, 5.41) is 16.1.